The van der Waals surface area contributed by atoms with Crippen LogP contribution in [0.2, 0.25) is 0 Å². The molecule has 1 aliphatic heterocycles. The molecule has 0 atom stereocenters. The quantitative estimate of drug-likeness (QED) is 0.473. The Morgan fingerprint density at radius 1 is 1.10 bits per heavy atom. The van der Waals surface area contributed by atoms with Crippen molar-refractivity contribution in [1.82, 2.24) is 10.4 Å². The van der Waals surface area contributed by atoms with Crippen molar-refractivity contribution in [1.29, 1.82) is 0 Å². The van der Waals surface area contributed by atoms with Crippen LogP contribution in [0.4, 0.5) is 0 Å². The molecule has 0 radical (unpaired) electrons. The number of nitrogens with zero attached hydrogens (tertiary/aromatic N) is 1. The Bertz CT molecular complexity index is 1020. The maximum atomic E-state index is 12.8. The summed E-state index contributed by atoms with van der Waals surface area (Å²) in [6.07, 6.45) is 1.71. The maximum Gasteiger partial charge on any atom is 0.285 e. The summed E-state index contributed by atoms with van der Waals surface area (Å²) in [5, 5.41) is 1.08. The first kappa shape index (κ1) is 22.6. The van der Waals surface area contributed by atoms with Gasteiger partial charge in [0, 0.05) is 5.56 Å². The van der Waals surface area contributed by atoms with Crippen molar-refractivity contribution in [2.45, 2.75) is 13.8 Å². The van der Waals surface area contributed by atoms with Crippen LogP contribution < -0.4 is 19.6 Å². The van der Waals surface area contributed by atoms with Gasteiger partial charge in [0.1, 0.15) is 5.75 Å². The van der Waals surface area contributed by atoms with E-state index in [-0.39, 0.29) is 4.32 Å². The van der Waals surface area contributed by atoms with Gasteiger partial charge >= 0.3 is 0 Å². The fraction of sp³-hybridized carbons (Fsp3) is 0.227. The Morgan fingerprint density at radius 2 is 1.77 bits per heavy atom. The molecule has 3 rings (SSSR count). The normalized spacial score (nSPS) is 14.7. The van der Waals surface area contributed by atoms with Crippen LogP contribution in [-0.4, -0.2) is 41.5 Å². The zero-order valence-corrected chi connectivity index (χ0v) is 19.0. The Balaban J connectivity index is 1.76. The fourth-order valence-electron chi connectivity index (χ4n) is 2.78. The molecule has 31 heavy (non-hydrogen) atoms. The van der Waals surface area contributed by atoms with Crippen molar-refractivity contribution in [2.24, 2.45) is 0 Å². The standard InChI is InChI=1S/C22H22N2O5S2/c1-4-28-17-11-6-14(12-18(17)29-5-2)13-19-21(26)24(22(30)31-19)23-20(25)15-7-9-16(27-3)10-8-15/h6-13H,4-5H2,1-3H3,(H,23,25). The minimum Gasteiger partial charge on any atom is -0.497 e. The van der Waals surface area contributed by atoms with Crippen LogP contribution in [0.15, 0.2) is 47.4 Å². The monoisotopic (exact) mass is 458 g/mol. The van der Waals surface area contributed by atoms with Gasteiger partial charge in [-0.3, -0.25) is 15.0 Å². The summed E-state index contributed by atoms with van der Waals surface area (Å²) in [5.74, 6) is 1.03. The second kappa shape index (κ2) is 10.3. The number of thioether (sulfide) groups is 1. The molecule has 7 nitrogen and oxygen atoms in total. The molecule has 1 saturated heterocycles. The summed E-state index contributed by atoms with van der Waals surface area (Å²) >= 11 is 6.40. The Hall–Kier alpha value is -3.04. The summed E-state index contributed by atoms with van der Waals surface area (Å²) in [5.41, 5.74) is 3.70. The van der Waals surface area contributed by atoms with Gasteiger partial charge in [0.25, 0.3) is 11.8 Å². The molecule has 9 heteroatoms. The minimum atomic E-state index is -0.445. The molecule has 0 aromatic heterocycles. The van der Waals surface area contributed by atoms with E-state index in [2.05, 4.69) is 5.43 Å². The summed E-state index contributed by atoms with van der Waals surface area (Å²) in [6.45, 7) is 4.79. The summed E-state index contributed by atoms with van der Waals surface area (Å²) in [6, 6.07) is 12.0. The van der Waals surface area contributed by atoms with Gasteiger partial charge in [-0.15, -0.1) is 0 Å². The maximum absolute atomic E-state index is 12.8. The molecule has 2 aromatic carbocycles. The van der Waals surface area contributed by atoms with E-state index in [1.165, 1.54) is 0 Å². The van der Waals surface area contributed by atoms with E-state index in [9.17, 15) is 9.59 Å². The van der Waals surface area contributed by atoms with Gasteiger partial charge in [-0.2, -0.15) is 5.01 Å². The first-order valence-electron chi connectivity index (χ1n) is 9.59. The highest BCUT2D eigenvalue weighted by atomic mass is 32.2. The van der Waals surface area contributed by atoms with Crippen molar-refractivity contribution in [2.75, 3.05) is 20.3 Å². The highest BCUT2D eigenvalue weighted by Crippen LogP contribution is 2.34. The fourth-order valence-corrected chi connectivity index (χ4v) is 3.96. The van der Waals surface area contributed by atoms with Crippen LogP contribution >= 0.6 is 24.0 Å². The molecule has 1 heterocycles. The van der Waals surface area contributed by atoms with Gasteiger partial charge in [-0.1, -0.05) is 17.8 Å². The molecule has 0 unspecified atom stereocenters. The molecule has 1 fully saturated rings. The summed E-state index contributed by atoms with van der Waals surface area (Å²) in [7, 11) is 1.54. The molecule has 1 aliphatic rings. The average molecular weight is 459 g/mol. The third-order valence-electron chi connectivity index (χ3n) is 4.22. The average Bonchev–Trinajstić information content (AvgIpc) is 3.03. The lowest BCUT2D eigenvalue weighted by molar-refractivity contribution is -0.123. The van der Waals surface area contributed by atoms with Crippen molar-refractivity contribution in [3.63, 3.8) is 0 Å². The van der Waals surface area contributed by atoms with Gasteiger partial charge in [0.05, 0.1) is 25.2 Å². The molecule has 0 spiro atoms. The molecular formula is C22H22N2O5S2. The van der Waals surface area contributed by atoms with E-state index >= 15 is 0 Å². The summed E-state index contributed by atoms with van der Waals surface area (Å²) in [4.78, 5) is 25.7. The number of thiocarbonyl (C=S) groups is 1. The van der Waals surface area contributed by atoms with Crippen LogP contribution in [-0.2, 0) is 4.79 Å². The van der Waals surface area contributed by atoms with Gasteiger partial charge in [0.2, 0.25) is 0 Å². The van der Waals surface area contributed by atoms with Crippen LogP contribution in [0.1, 0.15) is 29.8 Å². The van der Waals surface area contributed by atoms with E-state index in [0.717, 1.165) is 22.3 Å². The van der Waals surface area contributed by atoms with Crippen molar-refractivity contribution < 1.29 is 23.8 Å². The van der Waals surface area contributed by atoms with Crippen LogP contribution in [0.5, 0.6) is 17.2 Å². The van der Waals surface area contributed by atoms with E-state index in [0.29, 0.717) is 40.9 Å². The first-order chi connectivity index (χ1) is 15.0. The minimum absolute atomic E-state index is 0.245. The highest BCUT2D eigenvalue weighted by Gasteiger charge is 2.33. The zero-order valence-electron chi connectivity index (χ0n) is 17.3. The van der Waals surface area contributed by atoms with Crippen LogP contribution in [0, 0.1) is 0 Å². The number of hydrazine groups is 1. The molecule has 0 saturated carbocycles. The number of rotatable bonds is 8. The molecule has 2 aromatic rings. The van der Waals surface area contributed by atoms with Gasteiger partial charge < -0.3 is 14.2 Å². The lowest BCUT2D eigenvalue weighted by Gasteiger charge is -2.15. The third-order valence-corrected chi connectivity index (χ3v) is 5.53. The van der Waals surface area contributed by atoms with E-state index in [4.69, 9.17) is 26.4 Å². The Morgan fingerprint density at radius 3 is 2.42 bits per heavy atom. The lowest BCUT2D eigenvalue weighted by atomic mass is 10.2. The van der Waals surface area contributed by atoms with Crippen LogP contribution in [0.3, 0.4) is 0 Å². The van der Waals surface area contributed by atoms with Crippen LogP contribution in [0.25, 0.3) is 6.08 Å². The zero-order chi connectivity index (χ0) is 22.4. The predicted molar refractivity (Wildman–Crippen MR) is 124 cm³/mol. The van der Waals surface area contributed by atoms with Crippen molar-refractivity contribution >= 4 is 46.2 Å². The topological polar surface area (TPSA) is 77.1 Å². The molecule has 0 bridgehead atoms. The van der Waals surface area contributed by atoms with Gasteiger partial charge in [-0.05, 0) is 74.1 Å². The molecule has 0 aliphatic carbocycles. The Kier molecular flexibility index (Phi) is 7.54. The second-order valence-corrected chi connectivity index (χ2v) is 7.93. The number of nitrogens with one attached hydrogen (secondary N) is 1. The second-order valence-electron chi connectivity index (χ2n) is 6.26. The smallest absolute Gasteiger partial charge is 0.285 e. The van der Waals surface area contributed by atoms with E-state index in [1.54, 1.807) is 49.6 Å². The Labute approximate surface area is 190 Å². The SMILES string of the molecule is CCOc1ccc(C=C2SC(=S)N(NC(=O)c3ccc(OC)cc3)C2=O)cc1OCC. The third kappa shape index (κ3) is 5.36. The molecule has 1 N–H and O–H groups in total. The highest BCUT2D eigenvalue weighted by molar-refractivity contribution is 8.26. The number of hydrogen-bond acceptors (Lipinski definition) is 7. The molecule has 2 amide bonds. The lowest BCUT2D eigenvalue weighted by Crippen LogP contribution is -2.44. The summed E-state index contributed by atoms with van der Waals surface area (Å²) < 4.78 is 16.5. The number of carbonyl (C=O) groups is 2. The largest absolute Gasteiger partial charge is 0.497 e. The number of carbonyl (C=O) groups excluding carboxylic acids is 2. The number of amides is 2. The molecular weight excluding hydrogens is 436 g/mol. The number of benzene rings is 2. The first-order valence-corrected chi connectivity index (χ1v) is 10.8. The number of methoxy groups -OCH3 is 1. The van der Waals surface area contributed by atoms with Crippen molar-refractivity contribution in [3.8, 4) is 17.2 Å². The number of ether oxygens (including phenoxy) is 3. The molecule has 162 valence electrons. The predicted octanol–water partition coefficient (Wildman–Crippen LogP) is 4.04. The van der Waals surface area contributed by atoms with Crippen molar-refractivity contribution in [3.05, 3.63) is 58.5 Å². The van der Waals surface area contributed by atoms with Gasteiger partial charge in [0.15, 0.2) is 15.8 Å². The van der Waals surface area contributed by atoms with E-state index in [1.807, 2.05) is 19.9 Å². The number of hydrogen-bond donors (Lipinski definition) is 1. The van der Waals surface area contributed by atoms with Gasteiger partial charge in [-0.25, -0.2) is 0 Å². The van der Waals surface area contributed by atoms with E-state index < -0.39 is 11.8 Å².